The van der Waals surface area contributed by atoms with Crippen LogP contribution in [0.4, 0.5) is 24.9 Å². The van der Waals surface area contributed by atoms with Crippen LogP contribution in [0.25, 0.3) is 11.5 Å². The molecule has 36 heavy (non-hydrogen) atoms. The Morgan fingerprint density at radius 1 is 1.03 bits per heavy atom. The van der Waals surface area contributed by atoms with E-state index in [1.165, 1.54) is 4.57 Å². The minimum Gasteiger partial charge on any atom is -0.493 e. The van der Waals surface area contributed by atoms with Crippen molar-refractivity contribution in [3.8, 4) is 23.0 Å². The number of hydrogen-bond acceptors (Lipinski definition) is 8. The van der Waals surface area contributed by atoms with Gasteiger partial charge in [-0.2, -0.15) is 18.3 Å². The van der Waals surface area contributed by atoms with E-state index in [0.29, 0.717) is 60.7 Å². The first-order valence-corrected chi connectivity index (χ1v) is 11.9. The molecule has 1 aliphatic heterocycles. The number of anilines is 2. The summed E-state index contributed by atoms with van der Waals surface area (Å²) in [4.78, 5) is 14.9. The van der Waals surface area contributed by atoms with Gasteiger partial charge in [0.1, 0.15) is 5.69 Å². The van der Waals surface area contributed by atoms with Crippen LogP contribution >= 0.6 is 0 Å². The van der Waals surface area contributed by atoms with Crippen molar-refractivity contribution in [3.05, 3.63) is 24.3 Å². The second kappa shape index (κ2) is 9.51. The van der Waals surface area contributed by atoms with Gasteiger partial charge in [0, 0.05) is 32.9 Å². The zero-order chi connectivity index (χ0) is 25.4. The van der Waals surface area contributed by atoms with Gasteiger partial charge in [-0.25, -0.2) is 15.0 Å². The average molecular weight is 507 g/mol. The number of aromatic nitrogens is 6. The fourth-order valence-corrected chi connectivity index (χ4v) is 4.53. The number of nitrogens with one attached hydrogen (secondary N) is 1. The van der Waals surface area contributed by atoms with Crippen LogP contribution in [-0.2, 0) is 13.2 Å². The predicted molar refractivity (Wildman–Crippen MR) is 126 cm³/mol. The zero-order valence-corrected chi connectivity index (χ0v) is 20.4. The third-order valence-corrected chi connectivity index (χ3v) is 6.66. The number of halogens is 3. The highest BCUT2D eigenvalue weighted by Crippen LogP contribution is 2.41. The molecule has 2 aliphatic rings. The summed E-state index contributed by atoms with van der Waals surface area (Å²) in [5, 5.41) is 7.85. The molecule has 1 N–H and O–H groups in total. The Morgan fingerprint density at radius 3 is 2.36 bits per heavy atom. The fourth-order valence-electron chi connectivity index (χ4n) is 4.53. The number of piperidine rings is 1. The number of aryl methyl sites for hydroxylation is 1. The molecule has 1 saturated carbocycles. The van der Waals surface area contributed by atoms with Gasteiger partial charge in [0.25, 0.3) is 0 Å². The van der Waals surface area contributed by atoms with Crippen molar-refractivity contribution >= 4 is 11.8 Å². The zero-order valence-electron chi connectivity index (χ0n) is 20.4. The van der Waals surface area contributed by atoms with E-state index >= 15 is 0 Å². The van der Waals surface area contributed by atoms with Gasteiger partial charge < -0.3 is 24.3 Å². The highest BCUT2D eigenvalue weighted by molar-refractivity contribution is 5.63. The average Bonchev–Trinajstić information content (AvgIpc) is 3.49. The van der Waals surface area contributed by atoms with Gasteiger partial charge in [-0.15, -0.1) is 0 Å². The third-order valence-electron chi connectivity index (χ3n) is 6.66. The van der Waals surface area contributed by atoms with Crippen LogP contribution in [0.3, 0.4) is 0 Å². The number of methoxy groups -OCH3 is 2. The van der Waals surface area contributed by atoms with Gasteiger partial charge in [0.05, 0.1) is 32.7 Å². The summed E-state index contributed by atoms with van der Waals surface area (Å²) >= 11 is 0. The second-order valence-corrected chi connectivity index (χ2v) is 9.19. The van der Waals surface area contributed by atoms with E-state index in [1.807, 2.05) is 9.58 Å². The first-order chi connectivity index (χ1) is 17.3. The molecule has 194 valence electrons. The van der Waals surface area contributed by atoms with Crippen LogP contribution in [0, 0.1) is 5.92 Å². The normalized spacial score (nSPS) is 16.9. The Hall–Kier alpha value is -3.51. The Morgan fingerprint density at radius 2 is 1.75 bits per heavy atom. The summed E-state index contributed by atoms with van der Waals surface area (Å²) in [6.45, 7) is 1.89. The van der Waals surface area contributed by atoms with Crippen LogP contribution in [-0.4, -0.2) is 63.2 Å². The number of rotatable bonds is 8. The molecule has 0 aromatic carbocycles. The van der Waals surface area contributed by atoms with Gasteiger partial charge in [-0.3, -0.25) is 4.68 Å². The van der Waals surface area contributed by atoms with Crippen molar-refractivity contribution in [2.24, 2.45) is 13.0 Å². The number of hydrogen-bond donors (Lipinski definition) is 1. The van der Waals surface area contributed by atoms with Crippen molar-refractivity contribution in [3.63, 3.8) is 0 Å². The first-order valence-electron chi connectivity index (χ1n) is 11.9. The third kappa shape index (κ3) is 4.78. The Balaban J connectivity index is 1.25. The van der Waals surface area contributed by atoms with E-state index in [4.69, 9.17) is 14.5 Å². The molecule has 0 unspecified atom stereocenters. The summed E-state index contributed by atoms with van der Waals surface area (Å²) in [6, 6.07) is 0.335. The molecule has 5 rings (SSSR count). The van der Waals surface area contributed by atoms with Gasteiger partial charge in [0.2, 0.25) is 5.95 Å². The Bertz CT molecular complexity index is 1210. The maximum Gasteiger partial charge on any atom is 0.434 e. The van der Waals surface area contributed by atoms with Gasteiger partial charge in [-0.05, 0) is 31.6 Å². The maximum atomic E-state index is 13.0. The molecule has 1 saturated heterocycles. The Kier molecular flexibility index (Phi) is 6.39. The highest BCUT2D eigenvalue weighted by atomic mass is 19.4. The summed E-state index contributed by atoms with van der Waals surface area (Å²) in [6.07, 6.45) is 3.65. The molecule has 0 radical (unpaired) electrons. The van der Waals surface area contributed by atoms with Crippen molar-refractivity contribution < 1.29 is 22.6 Å². The lowest BCUT2D eigenvalue weighted by atomic mass is 9.97. The van der Waals surface area contributed by atoms with Crippen LogP contribution < -0.4 is 19.7 Å². The molecule has 0 atom stereocenters. The summed E-state index contributed by atoms with van der Waals surface area (Å²) in [7, 11) is 4.76. The Labute approximate surface area is 206 Å². The van der Waals surface area contributed by atoms with Crippen molar-refractivity contribution in [1.82, 2.24) is 29.3 Å². The standard InChI is InChI=1S/C23H29F3N8O2/c1-32-13-18(23(24,25)26)30-22(32)33-8-6-14(7-9-33)10-27-20-17(36-3)11-28-21(31-20)19-16(35-2)12-29-34(19)15-4-5-15/h11-15H,4-10H2,1-3H3,(H,27,28,31). The van der Waals surface area contributed by atoms with E-state index in [9.17, 15) is 13.2 Å². The lowest BCUT2D eigenvalue weighted by Gasteiger charge is -2.32. The maximum absolute atomic E-state index is 13.0. The molecular formula is C23H29F3N8O2. The minimum atomic E-state index is -4.45. The van der Waals surface area contributed by atoms with E-state index in [2.05, 4.69) is 20.4 Å². The molecule has 3 aromatic heterocycles. The largest absolute Gasteiger partial charge is 0.493 e. The second-order valence-electron chi connectivity index (χ2n) is 9.19. The molecule has 2 fully saturated rings. The summed E-state index contributed by atoms with van der Waals surface area (Å²) < 4.78 is 53.4. The molecular weight excluding hydrogens is 477 g/mol. The first kappa shape index (κ1) is 24.2. The monoisotopic (exact) mass is 506 g/mol. The molecule has 4 heterocycles. The summed E-state index contributed by atoms with van der Waals surface area (Å²) in [5.41, 5.74) is -0.123. The molecule has 0 spiro atoms. The van der Waals surface area contributed by atoms with E-state index in [1.54, 1.807) is 33.7 Å². The van der Waals surface area contributed by atoms with Crippen LogP contribution in [0.5, 0.6) is 11.5 Å². The number of nitrogens with zero attached hydrogens (tertiary/aromatic N) is 7. The minimum absolute atomic E-state index is 0.318. The lowest BCUT2D eigenvalue weighted by Crippen LogP contribution is -2.37. The van der Waals surface area contributed by atoms with E-state index < -0.39 is 11.9 Å². The van der Waals surface area contributed by atoms with E-state index in [0.717, 1.165) is 37.6 Å². The van der Waals surface area contributed by atoms with Crippen molar-refractivity contribution in [2.45, 2.75) is 37.9 Å². The molecule has 10 nitrogen and oxygen atoms in total. The number of alkyl halides is 3. The van der Waals surface area contributed by atoms with Gasteiger partial charge >= 0.3 is 6.18 Å². The van der Waals surface area contributed by atoms with Crippen molar-refractivity contribution in [2.75, 3.05) is 44.1 Å². The van der Waals surface area contributed by atoms with E-state index in [-0.39, 0.29) is 0 Å². The van der Waals surface area contributed by atoms with Crippen LogP contribution in [0.15, 0.2) is 18.6 Å². The molecule has 3 aromatic rings. The van der Waals surface area contributed by atoms with Crippen molar-refractivity contribution in [1.29, 1.82) is 0 Å². The van der Waals surface area contributed by atoms with Crippen LogP contribution in [0.2, 0.25) is 0 Å². The lowest BCUT2D eigenvalue weighted by molar-refractivity contribution is -0.140. The SMILES string of the molecule is COc1cnc(-c2c(OC)cnn2C2CC2)nc1NCC1CCN(c2nc(C(F)(F)F)cn2C)CC1. The number of imidazole rings is 1. The molecule has 13 heteroatoms. The van der Waals surface area contributed by atoms with Crippen LogP contribution in [0.1, 0.15) is 37.4 Å². The fraction of sp³-hybridized carbons (Fsp3) is 0.565. The topological polar surface area (TPSA) is 95.2 Å². The molecule has 1 aliphatic carbocycles. The highest BCUT2D eigenvalue weighted by Gasteiger charge is 2.36. The molecule has 0 bridgehead atoms. The quantitative estimate of drug-likeness (QED) is 0.494. The number of ether oxygens (including phenoxy) is 2. The van der Waals surface area contributed by atoms with Gasteiger partial charge in [0.15, 0.2) is 28.8 Å². The molecule has 0 amide bonds. The smallest absolute Gasteiger partial charge is 0.434 e. The summed E-state index contributed by atoms with van der Waals surface area (Å²) in [5.74, 6) is 2.89. The predicted octanol–water partition coefficient (Wildman–Crippen LogP) is 3.77. The van der Waals surface area contributed by atoms with Gasteiger partial charge in [-0.1, -0.05) is 0 Å².